The summed E-state index contributed by atoms with van der Waals surface area (Å²) in [6.45, 7) is 12.2. The molecule has 184 valence electrons. The molecule has 2 saturated carbocycles. The van der Waals surface area contributed by atoms with Crippen LogP contribution in [0, 0.1) is 16.7 Å². The highest BCUT2D eigenvalue weighted by Gasteiger charge is 2.60. The molecule has 3 aliphatic rings. The molecule has 2 aromatic rings. The number of aliphatic hydroxyl groups is 1. The summed E-state index contributed by atoms with van der Waals surface area (Å²) in [5, 5.41) is 10.8. The van der Waals surface area contributed by atoms with E-state index < -0.39 is 6.10 Å². The first kappa shape index (κ1) is 24.0. The second-order valence-corrected chi connectivity index (χ2v) is 11.8. The van der Waals surface area contributed by atoms with E-state index in [1.54, 1.807) is 0 Å². The van der Waals surface area contributed by atoms with Crippen molar-refractivity contribution in [1.82, 2.24) is 9.80 Å². The molecular formula is C30H42N2O2. The summed E-state index contributed by atoms with van der Waals surface area (Å²) in [6, 6.07) is 21.9. The SMILES string of the molecule is CC12CCC(C1)C(C)(C)C2OCC(O)CN1CCN(C(c2ccccc2)c2ccccc2)CC1. The first-order valence-corrected chi connectivity index (χ1v) is 13.2. The van der Waals surface area contributed by atoms with Crippen molar-refractivity contribution in [3.63, 3.8) is 0 Å². The molecule has 0 spiro atoms. The van der Waals surface area contributed by atoms with Gasteiger partial charge in [0, 0.05) is 32.7 Å². The van der Waals surface area contributed by atoms with Crippen LogP contribution >= 0.6 is 0 Å². The van der Waals surface area contributed by atoms with Gasteiger partial charge in [-0.2, -0.15) is 0 Å². The standard InChI is InChI=1S/C30H42N2O2/c1-29(2)25-14-15-30(3,20-25)28(29)34-22-26(33)21-31-16-18-32(19-17-31)27(23-10-6-4-7-11-23)24-12-8-5-9-13-24/h4-13,25-28,33H,14-22H2,1-3H3. The number of fused-ring (bicyclic) bond motifs is 2. The van der Waals surface area contributed by atoms with E-state index in [-0.39, 0.29) is 17.6 Å². The van der Waals surface area contributed by atoms with Gasteiger partial charge in [0.25, 0.3) is 0 Å². The number of benzene rings is 2. The second-order valence-electron chi connectivity index (χ2n) is 11.8. The van der Waals surface area contributed by atoms with Crippen LogP contribution in [0.1, 0.15) is 57.2 Å². The van der Waals surface area contributed by atoms with Gasteiger partial charge in [-0.25, -0.2) is 0 Å². The Hall–Kier alpha value is -1.72. The normalized spacial score (nSPS) is 30.1. The molecule has 0 amide bonds. The number of ether oxygens (including phenoxy) is 1. The third-order valence-corrected chi connectivity index (χ3v) is 9.06. The minimum atomic E-state index is -0.427. The van der Waals surface area contributed by atoms with Crippen molar-refractivity contribution in [1.29, 1.82) is 0 Å². The van der Waals surface area contributed by atoms with E-state index in [0.29, 0.717) is 18.6 Å². The Morgan fingerprint density at radius 3 is 2.03 bits per heavy atom. The van der Waals surface area contributed by atoms with E-state index in [1.807, 2.05) is 0 Å². The zero-order valence-corrected chi connectivity index (χ0v) is 21.2. The zero-order chi connectivity index (χ0) is 23.8. The molecule has 4 nitrogen and oxygen atoms in total. The van der Waals surface area contributed by atoms with Crippen molar-refractivity contribution in [2.45, 2.75) is 58.3 Å². The van der Waals surface area contributed by atoms with E-state index in [2.05, 4.69) is 91.2 Å². The second kappa shape index (κ2) is 9.73. The maximum atomic E-state index is 10.8. The monoisotopic (exact) mass is 462 g/mol. The van der Waals surface area contributed by atoms with E-state index in [1.165, 1.54) is 30.4 Å². The molecule has 1 aliphatic heterocycles. The van der Waals surface area contributed by atoms with Gasteiger partial charge in [0.05, 0.1) is 24.9 Å². The molecule has 2 bridgehead atoms. The Bertz CT molecular complexity index is 881. The van der Waals surface area contributed by atoms with Crippen molar-refractivity contribution < 1.29 is 9.84 Å². The predicted molar refractivity (Wildman–Crippen MR) is 138 cm³/mol. The smallest absolute Gasteiger partial charge is 0.0900 e. The van der Waals surface area contributed by atoms with Gasteiger partial charge in [-0.15, -0.1) is 0 Å². The van der Waals surface area contributed by atoms with Gasteiger partial charge < -0.3 is 9.84 Å². The highest BCUT2D eigenvalue weighted by atomic mass is 16.5. The third-order valence-electron chi connectivity index (χ3n) is 9.06. The lowest BCUT2D eigenvalue weighted by Gasteiger charge is -2.43. The van der Waals surface area contributed by atoms with Gasteiger partial charge >= 0.3 is 0 Å². The zero-order valence-electron chi connectivity index (χ0n) is 21.2. The summed E-state index contributed by atoms with van der Waals surface area (Å²) in [4.78, 5) is 4.99. The highest BCUT2D eigenvalue weighted by Crippen LogP contribution is 2.63. The molecule has 4 atom stereocenters. The molecule has 0 radical (unpaired) electrons. The van der Waals surface area contributed by atoms with Crippen LogP contribution in [0.3, 0.4) is 0 Å². The van der Waals surface area contributed by atoms with Crippen LogP contribution in [0.2, 0.25) is 0 Å². The van der Waals surface area contributed by atoms with Crippen LogP contribution in [0.25, 0.3) is 0 Å². The number of piperazine rings is 1. The maximum absolute atomic E-state index is 10.8. The molecule has 3 fully saturated rings. The van der Waals surface area contributed by atoms with Crippen molar-refractivity contribution in [2.75, 3.05) is 39.3 Å². The molecule has 2 aromatic carbocycles. The lowest BCUT2D eigenvalue weighted by molar-refractivity contribution is -0.114. The van der Waals surface area contributed by atoms with Gasteiger partial charge in [-0.05, 0) is 47.1 Å². The van der Waals surface area contributed by atoms with Crippen molar-refractivity contribution in [3.05, 3.63) is 71.8 Å². The largest absolute Gasteiger partial charge is 0.389 e. The molecular weight excluding hydrogens is 420 g/mol. The van der Waals surface area contributed by atoms with Crippen LogP contribution in [0.5, 0.6) is 0 Å². The average Bonchev–Trinajstić information content (AvgIpc) is 3.32. The number of hydrogen-bond donors (Lipinski definition) is 1. The number of aliphatic hydroxyl groups excluding tert-OH is 1. The molecule has 4 heteroatoms. The van der Waals surface area contributed by atoms with Crippen LogP contribution < -0.4 is 0 Å². The maximum Gasteiger partial charge on any atom is 0.0900 e. The van der Waals surface area contributed by atoms with E-state index in [9.17, 15) is 5.11 Å². The Kier molecular flexibility index (Phi) is 6.87. The van der Waals surface area contributed by atoms with Gasteiger partial charge in [0.1, 0.15) is 0 Å². The molecule has 0 aromatic heterocycles. The summed E-state index contributed by atoms with van der Waals surface area (Å²) < 4.78 is 6.45. The quantitative estimate of drug-likeness (QED) is 0.600. The Morgan fingerprint density at radius 2 is 1.50 bits per heavy atom. The molecule has 1 saturated heterocycles. The molecule has 5 rings (SSSR count). The van der Waals surface area contributed by atoms with Crippen molar-refractivity contribution in [2.24, 2.45) is 16.7 Å². The summed E-state index contributed by atoms with van der Waals surface area (Å²) in [7, 11) is 0. The summed E-state index contributed by atoms with van der Waals surface area (Å²) in [6.07, 6.45) is 3.73. The topological polar surface area (TPSA) is 35.9 Å². The van der Waals surface area contributed by atoms with E-state index >= 15 is 0 Å². The Labute approximate surface area is 205 Å². The summed E-state index contributed by atoms with van der Waals surface area (Å²) >= 11 is 0. The molecule has 1 heterocycles. The Morgan fingerprint density at radius 1 is 0.912 bits per heavy atom. The minimum absolute atomic E-state index is 0.224. The number of hydrogen-bond acceptors (Lipinski definition) is 4. The summed E-state index contributed by atoms with van der Waals surface area (Å²) in [5.41, 5.74) is 3.21. The third kappa shape index (κ3) is 4.70. The van der Waals surface area contributed by atoms with Gasteiger partial charge in [-0.3, -0.25) is 9.80 Å². The van der Waals surface area contributed by atoms with Gasteiger partial charge in [0.2, 0.25) is 0 Å². The van der Waals surface area contributed by atoms with Crippen molar-refractivity contribution in [3.8, 4) is 0 Å². The van der Waals surface area contributed by atoms with Crippen LogP contribution in [0.4, 0.5) is 0 Å². The van der Waals surface area contributed by atoms with E-state index in [0.717, 1.165) is 32.1 Å². The molecule has 34 heavy (non-hydrogen) atoms. The fraction of sp³-hybridized carbons (Fsp3) is 0.600. The lowest BCUT2D eigenvalue weighted by Crippen LogP contribution is -2.50. The molecule has 2 aliphatic carbocycles. The van der Waals surface area contributed by atoms with Crippen LogP contribution in [0.15, 0.2) is 60.7 Å². The van der Waals surface area contributed by atoms with Gasteiger partial charge in [-0.1, -0.05) is 81.4 Å². The fourth-order valence-corrected chi connectivity index (χ4v) is 7.32. The predicted octanol–water partition coefficient (Wildman–Crippen LogP) is 4.99. The lowest BCUT2D eigenvalue weighted by atomic mass is 9.70. The fourth-order valence-electron chi connectivity index (χ4n) is 7.32. The first-order chi connectivity index (χ1) is 16.4. The number of nitrogens with zero attached hydrogens (tertiary/aromatic N) is 2. The highest BCUT2D eigenvalue weighted by molar-refractivity contribution is 5.32. The minimum Gasteiger partial charge on any atom is -0.389 e. The first-order valence-electron chi connectivity index (χ1n) is 13.2. The van der Waals surface area contributed by atoms with Crippen LogP contribution in [-0.4, -0.2) is 66.4 Å². The van der Waals surface area contributed by atoms with Crippen molar-refractivity contribution >= 4 is 0 Å². The Balaban J connectivity index is 1.15. The van der Waals surface area contributed by atoms with Crippen LogP contribution in [-0.2, 0) is 4.74 Å². The number of β-amino-alcohol motifs (C(OH)–C–C–N with tert-alkyl or cyclic N) is 1. The molecule has 4 unspecified atom stereocenters. The number of rotatable bonds is 8. The van der Waals surface area contributed by atoms with Gasteiger partial charge in [0.15, 0.2) is 0 Å². The average molecular weight is 463 g/mol. The summed E-state index contributed by atoms with van der Waals surface area (Å²) in [5.74, 6) is 0.773. The molecule has 1 N–H and O–H groups in total. The van der Waals surface area contributed by atoms with E-state index in [4.69, 9.17) is 4.74 Å².